The molecule has 0 saturated heterocycles. The number of hydrogen-bond donors (Lipinski definition) is 2. The van der Waals surface area contributed by atoms with Crippen LogP contribution in [0.5, 0.6) is 0 Å². The fraction of sp³-hybridized carbons (Fsp3) is 0.0909. The largest absolute Gasteiger partial charge is 0.271 e. The van der Waals surface area contributed by atoms with Crippen molar-refractivity contribution in [3.8, 4) is 0 Å². The zero-order chi connectivity index (χ0) is 12.3. The Balaban J connectivity index is 2.42. The average molecular weight is 236 g/mol. The standard InChI is InChI=1S/C11H10F2N4/c12-8-3-7(4-9(13)5-8)11(17-14)10-1-2-15-6-16-10/h1-6,11,17H,14H2. The van der Waals surface area contributed by atoms with Gasteiger partial charge in [0.15, 0.2) is 0 Å². The normalized spacial score (nSPS) is 12.4. The Kier molecular flexibility index (Phi) is 3.36. The van der Waals surface area contributed by atoms with Crippen LogP contribution in [0.25, 0.3) is 0 Å². The molecule has 0 spiro atoms. The lowest BCUT2D eigenvalue weighted by atomic mass is 10.0. The van der Waals surface area contributed by atoms with E-state index in [0.29, 0.717) is 11.3 Å². The monoisotopic (exact) mass is 236 g/mol. The summed E-state index contributed by atoms with van der Waals surface area (Å²) in [7, 11) is 0. The van der Waals surface area contributed by atoms with Crippen molar-refractivity contribution < 1.29 is 8.78 Å². The van der Waals surface area contributed by atoms with Crippen LogP contribution in [0.3, 0.4) is 0 Å². The topological polar surface area (TPSA) is 63.8 Å². The Hall–Kier alpha value is -1.92. The van der Waals surface area contributed by atoms with Crippen LogP contribution in [0.4, 0.5) is 8.78 Å². The Morgan fingerprint density at radius 2 is 1.88 bits per heavy atom. The van der Waals surface area contributed by atoms with Crippen LogP contribution < -0.4 is 11.3 Å². The summed E-state index contributed by atoms with van der Waals surface area (Å²) in [6, 6.07) is 4.25. The van der Waals surface area contributed by atoms with E-state index in [4.69, 9.17) is 5.84 Å². The molecule has 4 nitrogen and oxygen atoms in total. The summed E-state index contributed by atoms with van der Waals surface area (Å²) in [6.07, 6.45) is 2.87. The molecule has 1 heterocycles. The summed E-state index contributed by atoms with van der Waals surface area (Å²) in [6.45, 7) is 0. The second kappa shape index (κ2) is 4.94. The number of hydrazine groups is 1. The van der Waals surface area contributed by atoms with Crippen LogP contribution in [-0.4, -0.2) is 9.97 Å². The SMILES string of the molecule is NNC(c1cc(F)cc(F)c1)c1ccncn1. The van der Waals surface area contributed by atoms with E-state index in [-0.39, 0.29) is 0 Å². The fourth-order valence-corrected chi connectivity index (χ4v) is 1.57. The predicted molar refractivity (Wildman–Crippen MR) is 57.6 cm³/mol. The molecule has 2 rings (SSSR count). The first-order valence-corrected chi connectivity index (χ1v) is 4.88. The van der Waals surface area contributed by atoms with Gasteiger partial charge in [-0.3, -0.25) is 5.84 Å². The van der Waals surface area contributed by atoms with E-state index in [1.165, 1.54) is 24.7 Å². The molecule has 0 saturated carbocycles. The van der Waals surface area contributed by atoms with Crippen LogP contribution >= 0.6 is 0 Å². The molecule has 0 aliphatic carbocycles. The van der Waals surface area contributed by atoms with Crippen molar-refractivity contribution in [2.75, 3.05) is 0 Å². The van der Waals surface area contributed by atoms with Gasteiger partial charge in [-0.1, -0.05) is 0 Å². The third-order valence-electron chi connectivity index (χ3n) is 2.29. The van der Waals surface area contributed by atoms with Gasteiger partial charge >= 0.3 is 0 Å². The molecular weight excluding hydrogens is 226 g/mol. The average Bonchev–Trinajstić information content (AvgIpc) is 2.30. The minimum Gasteiger partial charge on any atom is -0.271 e. The van der Waals surface area contributed by atoms with Crippen molar-refractivity contribution in [3.63, 3.8) is 0 Å². The molecule has 0 aliphatic rings. The van der Waals surface area contributed by atoms with Gasteiger partial charge in [-0.15, -0.1) is 0 Å². The highest BCUT2D eigenvalue weighted by atomic mass is 19.1. The van der Waals surface area contributed by atoms with Crippen LogP contribution in [0.15, 0.2) is 36.8 Å². The van der Waals surface area contributed by atoms with E-state index < -0.39 is 17.7 Å². The smallest absolute Gasteiger partial charge is 0.126 e. The van der Waals surface area contributed by atoms with E-state index in [2.05, 4.69) is 15.4 Å². The van der Waals surface area contributed by atoms with E-state index in [9.17, 15) is 8.78 Å². The molecule has 2 aromatic rings. The Bertz CT molecular complexity index is 484. The molecule has 0 aliphatic heterocycles. The number of hydrogen-bond acceptors (Lipinski definition) is 4. The Morgan fingerprint density at radius 3 is 2.41 bits per heavy atom. The van der Waals surface area contributed by atoms with Crippen LogP contribution in [-0.2, 0) is 0 Å². The molecular formula is C11H10F2N4. The first kappa shape index (κ1) is 11.6. The lowest BCUT2D eigenvalue weighted by Crippen LogP contribution is -2.29. The molecule has 1 aromatic heterocycles. The third-order valence-corrected chi connectivity index (χ3v) is 2.29. The second-order valence-corrected chi connectivity index (χ2v) is 3.44. The fourth-order valence-electron chi connectivity index (χ4n) is 1.57. The first-order chi connectivity index (χ1) is 8.20. The molecule has 0 radical (unpaired) electrons. The number of nitrogens with one attached hydrogen (secondary N) is 1. The van der Waals surface area contributed by atoms with Gasteiger partial charge in [-0.05, 0) is 23.8 Å². The lowest BCUT2D eigenvalue weighted by molar-refractivity contribution is 0.562. The van der Waals surface area contributed by atoms with Crippen molar-refractivity contribution in [2.24, 2.45) is 5.84 Å². The van der Waals surface area contributed by atoms with Crippen molar-refractivity contribution in [1.29, 1.82) is 0 Å². The maximum atomic E-state index is 13.1. The second-order valence-electron chi connectivity index (χ2n) is 3.44. The molecule has 0 bridgehead atoms. The number of aromatic nitrogens is 2. The first-order valence-electron chi connectivity index (χ1n) is 4.88. The number of rotatable bonds is 3. The number of benzene rings is 1. The summed E-state index contributed by atoms with van der Waals surface area (Å²) in [5, 5.41) is 0. The molecule has 1 atom stereocenters. The van der Waals surface area contributed by atoms with Gasteiger partial charge in [0.25, 0.3) is 0 Å². The quantitative estimate of drug-likeness (QED) is 0.623. The van der Waals surface area contributed by atoms with Crippen molar-refractivity contribution in [3.05, 3.63) is 59.7 Å². The maximum Gasteiger partial charge on any atom is 0.126 e. The van der Waals surface area contributed by atoms with Crippen molar-refractivity contribution in [1.82, 2.24) is 15.4 Å². The molecule has 88 valence electrons. The molecule has 6 heteroatoms. The highest BCUT2D eigenvalue weighted by Crippen LogP contribution is 2.20. The van der Waals surface area contributed by atoms with E-state index >= 15 is 0 Å². The Morgan fingerprint density at radius 1 is 1.18 bits per heavy atom. The summed E-state index contributed by atoms with van der Waals surface area (Å²) < 4.78 is 26.2. The highest BCUT2D eigenvalue weighted by molar-refractivity contribution is 5.28. The van der Waals surface area contributed by atoms with Crippen LogP contribution in [0.1, 0.15) is 17.3 Å². The van der Waals surface area contributed by atoms with Gasteiger partial charge < -0.3 is 0 Å². The number of halogens is 2. The molecule has 0 amide bonds. The molecule has 17 heavy (non-hydrogen) atoms. The van der Waals surface area contributed by atoms with Crippen LogP contribution in [0, 0.1) is 11.6 Å². The van der Waals surface area contributed by atoms with Gasteiger partial charge in [0.2, 0.25) is 0 Å². The zero-order valence-corrected chi connectivity index (χ0v) is 8.77. The van der Waals surface area contributed by atoms with Gasteiger partial charge in [0.05, 0.1) is 11.7 Å². The van der Waals surface area contributed by atoms with Crippen molar-refractivity contribution in [2.45, 2.75) is 6.04 Å². The molecule has 0 fully saturated rings. The summed E-state index contributed by atoms with van der Waals surface area (Å²) >= 11 is 0. The zero-order valence-electron chi connectivity index (χ0n) is 8.77. The predicted octanol–water partition coefficient (Wildman–Crippen LogP) is 1.31. The summed E-state index contributed by atoms with van der Waals surface area (Å²) in [5.74, 6) is 4.07. The van der Waals surface area contributed by atoms with E-state index in [1.807, 2.05) is 0 Å². The molecule has 1 unspecified atom stereocenters. The molecule has 3 N–H and O–H groups in total. The van der Waals surface area contributed by atoms with Gasteiger partial charge in [0.1, 0.15) is 18.0 Å². The van der Waals surface area contributed by atoms with E-state index in [0.717, 1.165) is 6.07 Å². The van der Waals surface area contributed by atoms with Gasteiger partial charge in [-0.2, -0.15) is 0 Å². The summed E-state index contributed by atoms with van der Waals surface area (Å²) in [5.41, 5.74) is 3.36. The van der Waals surface area contributed by atoms with Gasteiger partial charge in [0, 0.05) is 12.3 Å². The lowest BCUT2D eigenvalue weighted by Gasteiger charge is -2.15. The summed E-state index contributed by atoms with van der Waals surface area (Å²) in [4.78, 5) is 7.75. The Labute approximate surface area is 96.5 Å². The number of nitrogens with two attached hydrogens (primary N) is 1. The maximum absolute atomic E-state index is 13.1. The van der Waals surface area contributed by atoms with Gasteiger partial charge in [-0.25, -0.2) is 24.2 Å². The number of nitrogens with zero attached hydrogens (tertiary/aromatic N) is 2. The third kappa shape index (κ3) is 2.61. The van der Waals surface area contributed by atoms with Crippen molar-refractivity contribution >= 4 is 0 Å². The van der Waals surface area contributed by atoms with Crippen LogP contribution in [0.2, 0.25) is 0 Å². The molecule has 1 aromatic carbocycles. The van der Waals surface area contributed by atoms with E-state index in [1.54, 1.807) is 6.07 Å². The minimum atomic E-state index is -0.658. The minimum absolute atomic E-state index is 0.365. The highest BCUT2D eigenvalue weighted by Gasteiger charge is 2.15.